The highest BCUT2D eigenvalue weighted by Crippen LogP contribution is 2.30. The lowest BCUT2D eigenvalue weighted by molar-refractivity contribution is -0.137. The highest BCUT2D eigenvalue weighted by atomic mass is 19.4. The van der Waals surface area contributed by atoms with Crippen LogP contribution in [0.3, 0.4) is 0 Å². The Morgan fingerprint density at radius 2 is 2.12 bits per heavy atom. The maximum Gasteiger partial charge on any atom is 0.416 e. The fraction of sp³-hybridized carbons (Fsp3) is 0.400. The number of hydrogen-bond acceptors (Lipinski definition) is 3. The number of pyridine rings is 1. The van der Waals surface area contributed by atoms with Crippen LogP contribution in [0.4, 0.5) is 19.0 Å². The molecule has 0 aromatic carbocycles. The van der Waals surface area contributed by atoms with Gasteiger partial charge in [-0.1, -0.05) is 6.92 Å². The topological polar surface area (TPSA) is 48.7 Å². The second kappa shape index (κ2) is 4.84. The van der Waals surface area contributed by atoms with Crippen molar-refractivity contribution in [1.82, 2.24) is 4.98 Å². The number of anilines is 1. The Balaban J connectivity index is 3.07. The second-order valence-corrected chi connectivity index (χ2v) is 3.16. The first kappa shape index (κ1) is 12.3. The number of alkyl halides is 3. The predicted octanol–water partition coefficient (Wildman–Crippen LogP) is 2.79. The van der Waals surface area contributed by atoms with Gasteiger partial charge in [-0.3, -0.25) is 0 Å². The smallest absolute Gasteiger partial charge is 0.370 e. The van der Waals surface area contributed by atoms with Gasteiger partial charge in [0.25, 0.3) is 0 Å². The fourth-order valence-corrected chi connectivity index (χ4v) is 1.10. The fourth-order valence-electron chi connectivity index (χ4n) is 1.10. The van der Waals surface area contributed by atoms with E-state index in [0.29, 0.717) is 6.54 Å². The maximum atomic E-state index is 12.4. The zero-order valence-corrected chi connectivity index (χ0v) is 8.60. The number of nitrogens with zero attached hydrogens (tertiary/aromatic N) is 2. The normalized spacial score (nSPS) is 10.9. The average molecular weight is 229 g/mol. The van der Waals surface area contributed by atoms with Gasteiger partial charge in [-0.15, -0.1) is 0 Å². The molecular formula is C10H10F3N3. The Bertz CT molecular complexity index is 407. The van der Waals surface area contributed by atoms with Crippen LogP contribution in [0.1, 0.15) is 24.6 Å². The molecule has 0 aliphatic rings. The van der Waals surface area contributed by atoms with Gasteiger partial charge in [0.1, 0.15) is 17.6 Å². The molecule has 1 aromatic heterocycles. The summed E-state index contributed by atoms with van der Waals surface area (Å²) < 4.78 is 37.3. The maximum absolute atomic E-state index is 12.4. The van der Waals surface area contributed by atoms with Crippen LogP contribution in [0.25, 0.3) is 0 Å². The van der Waals surface area contributed by atoms with Crippen molar-refractivity contribution < 1.29 is 13.2 Å². The molecule has 0 aliphatic carbocycles. The Hall–Kier alpha value is -1.77. The van der Waals surface area contributed by atoms with Crippen molar-refractivity contribution in [1.29, 1.82) is 5.26 Å². The SMILES string of the molecule is CCCNc1cc(C(F)(F)F)cc(C#N)n1. The zero-order chi connectivity index (χ0) is 12.2. The molecule has 0 bridgehead atoms. The number of aromatic nitrogens is 1. The molecule has 3 nitrogen and oxygen atoms in total. The number of hydrogen-bond donors (Lipinski definition) is 1. The molecule has 0 radical (unpaired) electrons. The van der Waals surface area contributed by atoms with Gasteiger partial charge < -0.3 is 5.32 Å². The summed E-state index contributed by atoms with van der Waals surface area (Å²) in [5.74, 6) is 0.0771. The summed E-state index contributed by atoms with van der Waals surface area (Å²) in [6, 6.07) is 3.24. The third kappa shape index (κ3) is 3.12. The van der Waals surface area contributed by atoms with Crippen molar-refractivity contribution in [3.05, 3.63) is 23.4 Å². The molecule has 0 aliphatic heterocycles. The van der Waals surface area contributed by atoms with Crippen LogP contribution in [-0.2, 0) is 6.18 Å². The average Bonchev–Trinajstić information content (AvgIpc) is 2.24. The van der Waals surface area contributed by atoms with Crippen molar-refractivity contribution in [2.45, 2.75) is 19.5 Å². The summed E-state index contributed by atoms with van der Waals surface area (Å²) in [7, 11) is 0. The molecule has 0 spiro atoms. The molecule has 1 rings (SSSR count). The van der Waals surface area contributed by atoms with E-state index in [-0.39, 0.29) is 11.5 Å². The van der Waals surface area contributed by atoms with Crippen molar-refractivity contribution in [3.63, 3.8) is 0 Å². The Morgan fingerprint density at radius 3 is 2.62 bits per heavy atom. The Labute approximate surface area is 90.9 Å². The second-order valence-electron chi connectivity index (χ2n) is 3.16. The van der Waals surface area contributed by atoms with Crippen molar-refractivity contribution in [2.24, 2.45) is 0 Å². The number of nitriles is 1. The third-order valence-corrected chi connectivity index (χ3v) is 1.82. The lowest BCUT2D eigenvalue weighted by atomic mass is 10.2. The molecule has 0 atom stereocenters. The summed E-state index contributed by atoms with van der Waals surface area (Å²) in [6.07, 6.45) is -3.70. The zero-order valence-electron chi connectivity index (χ0n) is 8.60. The molecule has 0 amide bonds. The van der Waals surface area contributed by atoms with Gasteiger partial charge in [0, 0.05) is 6.54 Å². The summed E-state index contributed by atoms with van der Waals surface area (Å²) in [6.45, 7) is 2.39. The van der Waals surface area contributed by atoms with E-state index < -0.39 is 11.7 Å². The van der Waals surface area contributed by atoms with Crippen LogP contribution < -0.4 is 5.32 Å². The number of halogens is 3. The molecule has 1 heterocycles. The van der Waals surface area contributed by atoms with E-state index in [4.69, 9.17) is 5.26 Å². The monoisotopic (exact) mass is 229 g/mol. The first-order chi connectivity index (χ1) is 7.47. The molecule has 1 N–H and O–H groups in total. The van der Waals surface area contributed by atoms with E-state index >= 15 is 0 Å². The van der Waals surface area contributed by atoms with Crippen LogP contribution in [0, 0.1) is 11.3 Å². The Morgan fingerprint density at radius 1 is 1.44 bits per heavy atom. The quantitative estimate of drug-likeness (QED) is 0.866. The minimum Gasteiger partial charge on any atom is -0.370 e. The Kier molecular flexibility index (Phi) is 3.72. The van der Waals surface area contributed by atoms with E-state index in [0.717, 1.165) is 18.6 Å². The van der Waals surface area contributed by atoms with E-state index in [2.05, 4.69) is 10.3 Å². The number of rotatable bonds is 3. The summed E-state index contributed by atoms with van der Waals surface area (Å²) in [4.78, 5) is 3.73. The van der Waals surface area contributed by atoms with Crippen LogP contribution in [0.5, 0.6) is 0 Å². The van der Waals surface area contributed by atoms with E-state index in [1.54, 1.807) is 6.07 Å². The van der Waals surface area contributed by atoms with E-state index in [1.165, 1.54) is 0 Å². The molecule has 86 valence electrons. The van der Waals surface area contributed by atoms with Gasteiger partial charge in [-0.2, -0.15) is 18.4 Å². The molecule has 0 saturated carbocycles. The molecule has 16 heavy (non-hydrogen) atoms. The van der Waals surface area contributed by atoms with Crippen LogP contribution in [0.15, 0.2) is 12.1 Å². The molecule has 1 aromatic rings. The van der Waals surface area contributed by atoms with Gasteiger partial charge >= 0.3 is 6.18 Å². The van der Waals surface area contributed by atoms with Gasteiger partial charge in [0.2, 0.25) is 0 Å². The van der Waals surface area contributed by atoms with Crippen molar-refractivity contribution in [3.8, 4) is 6.07 Å². The minimum absolute atomic E-state index is 0.0771. The lowest BCUT2D eigenvalue weighted by Gasteiger charge is -2.09. The lowest BCUT2D eigenvalue weighted by Crippen LogP contribution is -2.09. The van der Waals surface area contributed by atoms with Crippen LogP contribution in [0.2, 0.25) is 0 Å². The van der Waals surface area contributed by atoms with Crippen molar-refractivity contribution >= 4 is 5.82 Å². The van der Waals surface area contributed by atoms with Gasteiger partial charge in [0.15, 0.2) is 0 Å². The van der Waals surface area contributed by atoms with E-state index in [1.807, 2.05) is 6.92 Å². The van der Waals surface area contributed by atoms with Crippen LogP contribution >= 0.6 is 0 Å². The largest absolute Gasteiger partial charge is 0.416 e. The standard InChI is InChI=1S/C10H10F3N3/c1-2-3-15-9-5-7(10(11,12)13)4-8(6-14)16-9/h4-5H,2-3H2,1H3,(H,15,16). The first-order valence-electron chi connectivity index (χ1n) is 4.70. The molecule has 0 fully saturated rings. The van der Waals surface area contributed by atoms with Gasteiger partial charge in [-0.25, -0.2) is 4.98 Å². The molecule has 0 unspecified atom stereocenters. The van der Waals surface area contributed by atoms with Crippen molar-refractivity contribution in [2.75, 3.05) is 11.9 Å². The molecule has 0 saturated heterocycles. The highest BCUT2D eigenvalue weighted by Gasteiger charge is 2.31. The summed E-state index contributed by atoms with van der Waals surface area (Å²) >= 11 is 0. The van der Waals surface area contributed by atoms with Crippen LogP contribution in [-0.4, -0.2) is 11.5 Å². The molecular weight excluding hydrogens is 219 g/mol. The molecule has 6 heteroatoms. The van der Waals surface area contributed by atoms with E-state index in [9.17, 15) is 13.2 Å². The van der Waals surface area contributed by atoms with Gasteiger partial charge in [-0.05, 0) is 18.6 Å². The summed E-state index contributed by atoms with van der Waals surface area (Å²) in [5.41, 5.74) is -1.11. The van der Waals surface area contributed by atoms with Gasteiger partial charge in [0.05, 0.1) is 5.56 Å². The summed E-state index contributed by atoms with van der Waals surface area (Å²) in [5, 5.41) is 11.3. The predicted molar refractivity (Wildman–Crippen MR) is 52.7 cm³/mol. The highest BCUT2D eigenvalue weighted by molar-refractivity contribution is 5.43. The number of nitrogens with one attached hydrogen (secondary N) is 1. The minimum atomic E-state index is -4.46. The first-order valence-corrected chi connectivity index (χ1v) is 4.70. The third-order valence-electron chi connectivity index (χ3n) is 1.82.